The zero-order chi connectivity index (χ0) is 30.6. The summed E-state index contributed by atoms with van der Waals surface area (Å²) < 4.78 is 4.86. The van der Waals surface area contributed by atoms with Crippen molar-refractivity contribution >= 4 is 45.4 Å². The molecular weight excluding hydrogens is 548 g/mol. The van der Waals surface area contributed by atoms with Crippen LogP contribution in [0.5, 0.6) is 0 Å². The van der Waals surface area contributed by atoms with Crippen molar-refractivity contribution in [1.82, 2.24) is 9.97 Å². The van der Waals surface area contributed by atoms with Crippen molar-refractivity contribution in [3.8, 4) is 0 Å². The van der Waals surface area contributed by atoms with E-state index in [0.29, 0.717) is 12.9 Å². The molecule has 6 rings (SSSR count). The summed E-state index contributed by atoms with van der Waals surface area (Å²) in [6, 6.07) is 36.1. The van der Waals surface area contributed by atoms with Gasteiger partial charge in [0, 0.05) is 40.3 Å². The molecule has 2 aromatic heterocycles. The molecule has 44 heavy (non-hydrogen) atoms. The summed E-state index contributed by atoms with van der Waals surface area (Å²) in [7, 11) is 0. The second kappa shape index (κ2) is 15.0. The smallest absolute Gasteiger partial charge is 0.328 e. The van der Waals surface area contributed by atoms with Crippen molar-refractivity contribution in [2.45, 2.75) is 25.7 Å². The predicted molar refractivity (Wildman–Crippen MR) is 177 cm³/mol. The molecule has 2 heterocycles. The molecular formula is C38H34N2O4. The fourth-order valence-corrected chi connectivity index (χ4v) is 5.35. The molecule has 0 spiro atoms. The molecule has 6 heteroatoms. The van der Waals surface area contributed by atoms with Crippen molar-refractivity contribution in [2.24, 2.45) is 0 Å². The van der Waals surface area contributed by atoms with E-state index >= 15 is 0 Å². The van der Waals surface area contributed by atoms with Crippen LogP contribution in [0, 0.1) is 0 Å². The van der Waals surface area contributed by atoms with Gasteiger partial charge in [-0.05, 0) is 71.2 Å². The lowest BCUT2D eigenvalue weighted by atomic mass is 9.98. The van der Waals surface area contributed by atoms with E-state index in [2.05, 4.69) is 28.2 Å². The summed E-state index contributed by atoms with van der Waals surface area (Å²) in [6.07, 6.45) is 10.1. The number of carboxylic acids is 1. The van der Waals surface area contributed by atoms with E-state index in [1.54, 1.807) is 0 Å². The molecule has 0 amide bonds. The van der Waals surface area contributed by atoms with Crippen LogP contribution in [-0.4, -0.2) is 27.5 Å². The number of aryl methyl sites for hydroxylation is 2. The van der Waals surface area contributed by atoms with E-state index in [4.69, 9.17) is 9.84 Å². The Balaban J connectivity index is 0.000000175. The van der Waals surface area contributed by atoms with Crippen LogP contribution in [0.4, 0.5) is 0 Å². The highest BCUT2D eigenvalue weighted by Crippen LogP contribution is 2.26. The number of aromatic nitrogens is 2. The normalized spacial score (nSPS) is 11.6. The Morgan fingerprint density at radius 2 is 1.09 bits per heavy atom. The fourth-order valence-electron chi connectivity index (χ4n) is 5.35. The summed E-state index contributed by atoms with van der Waals surface area (Å²) in [5.41, 5.74) is 8.63. The highest BCUT2D eigenvalue weighted by atomic mass is 16.5. The number of para-hydroxylation sites is 2. The first-order valence-electron chi connectivity index (χ1n) is 14.5. The van der Waals surface area contributed by atoms with Crippen molar-refractivity contribution in [1.29, 1.82) is 0 Å². The molecule has 220 valence electrons. The van der Waals surface area contributed by atoms with Crippen LogP contribution in [0.25, 0.3) is 33.0 Å². The first-order valence-corrected chi connectivity index (χ1v) is 14.5. The number of allylic oxidation sites excluding steroid dienone is 2. The van der Waals surface area contributed by atoms with Crippen LogP contribution in [-0.2, 0) is 27.2 Å². The van der Waals surface area contributed by atoms with E-state index in [0.717, 1.165) is 52.6 Å². The lowest BCUT2D eigenvalue weighted by Gasteiger charge is -2.07. The average molecular weight is 583 g/mol. The van der Waals surface area contributed by atoms with E-state index in [-0.39, 0.29) is 0 Å². The van der Waals surface area contributed by atoms with Crippen LogP contribution in [0.1, 0.15) is 35.1 Å². The monoisotopic (exact) mass is 582 g/mol. The number of aromatic amines is 2. The van der Waals surface area contributed by atoms with E-state index in [1.807, 2.05) is 103 Å². The molecule has 3 N–H and O–H groups in total. The molecule has 0 aliphatic carbocycles. The first kappa shape index (κ1) is 29.9. The Labute approximate surface area is 256 Å². The third-order valence-corrected chi connectivity index (χ3v) is 7.53. The van der Waals surface area contributed by atoms with Gasteiger partial charge in [-0.15, -0.1) is 0 Å². The quantitative estimate of drug-likeness (QED) is 0.0810. The molecule has 0 aliphatic rings. The summed E-state index contributed by atoms with van der Waals surface area (Å²) in [4.78, 5) is 28.1. The molecule has 0 unspecified atom stereocenters. The lowest BCUT2D eigenvalue weighted by Crippen LogP contribution is -1.95. The maximum Gasteiger partial charge on any atom is 0.328 e. The van der Waals surface area contributed by atoms with Gasteiger partial charge in [-0.3, -0.25) is 4.79 Å². The molecule has 0 bridgehead atoms. The molecule has 0 saturated heterocycles. The minimum Gasteiger partial charge on any atom is -0.478 e. The number of aliphatic carboxylic acids is 1. The van der Waals surface area contributed by atoms with Crippen molar-refractivity contribution in [3.63, 3.8) is 0 Å². The number of nitrogens with one attached hydrogen (secondary N) is 2. The summed E-state index contributed by atoms with van der Waals surface area (Å²) in [6.45, 7) is 0.453. The standard InChI is InChI=1S/2C19H17NO2/c21-14-22-13-17(15-6-2-1-3-7-15)11-10-16-12-20-19-9-5-4-8-18(16)19;21-19(22)12-15(14-6-2-1-3-7-14)10-11-16-13-20-18-9-5-4-8-17(16)18/h1-9,12-14,20H,10-11H2;1-9,12-13,20H,10-11H2,(H,21,22)/b17-13+;15-12-. The van der Waals surface area contributed by atoms with E-state index in [1.165, 1.54) is 34.2 Å². The van der Waals surface area contributed by atoms with Crippen LogP contribution >= 0.6 is 0 Å². The molecule has 0 fully saturated rings. The van der Waals surface area contributed by atoms with Gasteiger partial charge < -0.3 is 19.8 Å². The Morgan fingerprint density at radius 3 is 1.59 bits per heavy atom. The van der Waals surface area contributed by atoms with Gasteiger partial charge in [0.15, 0.2) is 0 Å². The number of H-pyrrole nitrogens is 2. The molecule has 0 atom stereocenters. The highest BCUT2D eigenvalue weighted by molar-refractivity contribution is 5.90. The Bertz CT molecular complexity index is 1880. The number of carbonyl (C=O) groups excluding carboxylic acids is 1. The average Bonchev–Trinajstić information content (AvgIpc) is 3.68. The lowest BCUT2D eigenvalue weighted by molar-refractivity contribution is -0.131. The zero-order valence-corrected chi connectivity index (χ0v) is 24.3. The van der Waals surface area contributed by atoms with Crippen molar-refractivity contribution in [3.05, 3.63) is 156 Å². The number of fused-ring (bicyclic) bond motifs is 2. The number of hydrogen-bond donors (Lipinski definition) is 3. The Kier molecular flexibility index (Phi) is 10.2. The number of hydrogen-bond acceptors (Lipinski definition) is 3. The molecule has 6 nitrogen and oxygen atoms in total. The van der Waals surface area contributed by atoms with Gasteiger partial charge in [-0.25, -0.2) is 4.79 Å². The maximum absolute atomic E-state index is 11.1. The van der Waals surface area contributed by atoms with Crippen LogP contribution in [0.3, 0.4) is 0 Å². The molecule has 0 radical (unpaired) electrons. The maximum atomic E-state index is 11.1. The minimum atomic E-state index is -0.905. The molecule has 6 aromatic rings. The summed E-state index contributed by atoms with van der Waals surface area (Å²) >= 11 is 0. The number of carboxylic acid groups (broad SMARTS) is 1. The first-order chi connectivity index (χ1) is 21.6. The van der Waals surface area contributed by atoms with Gasteiger partial charge in [0.25, 0.3) is 6.47 Å². The third kappa shape index (κ3) is 7.81. The fraction of sp³-hybridized carbons (Fsp3) is 0.105. The van der Waals surface area contributed by atoms with Gasteiger partial charge in [0.1, 0.15) is 0 Å². The Morgan fingerprint density at radius 1 is 0.636 bits per heavy atom. The molecule has 0 aliphatic heterocycles. The predicted octanol–water partition coefficient (Wildman–Crippen LogP) is 8.58. The van der Waals surface area contributed by atoms with Crippen LogP contribution in [0.15, 0.2) is 134 Å². The zero-order valence-electron chi connectivity index (χ0n) is 24.3. The second-order valence-electron chi connectivity index (χ2n) is 10.3. The summed E-state index contributed by atoms with van der Waals surface area (Å²) in [5, 5.41) is 11.5. The Hall–Kier alpha value is -5.62. The highest BCUT2D eigenvalue weighted by Gasteiger charge is 2.09. The number of carbonyl (C=O) groups is 2. The molecule has 4 aromatic carbocycles. The molecule has 0 saturated carbocycles. The van der Waals surface area contributed by atoms with E-state index < -0.39 is 5.97 Å². The topological polar surface area (TPSA) is 95.2 Å². The van der Waals surface area contributed by atoms with Gasteiger partial charge in [-0.2, -0.15) is 0 Å². The summed E-state index contributed by atoms with van der Waals surface area (Å²) in [5.74, 6) is -0.905. The minimum absolute atomic E-state index is 0.453. The number of benzene rings is 4. The SMILES string of the molecule is O=C(O)/C=C(/CCc1c[nH]c2ccccc12)c1ccccc1.O=CO/C=C(\CCc1c[nH]c2ccccc12)c1ccccc1. The van der Waals surface area contributed by atoms with Crippen molar-refractivity contribution in [2.75, 3.05) is 0 Å². The van der Waals surface area contributed by atoms with Gasteiger partial charge >= 0.3 is 5.97 Å². The second-order valence-corrected chi connectivity index (χ2v) is 10.3. The number of ether oxygens (including phenoxy) is 1. The largest absolute Gasteiger partial charge is 0.478 e. The van der Waals surface area contributed by atoms with Crippen LogP contribution < -0.4 is 0 Å². The third-order valence-electron chi connectivity index (χ3n) is 7.53. The van der Waals surface area contributed by atoms with Crippen LogP contribution in [0.2, 0.25) is 0 Å². The van der Waals surface area contributed by atoms with Gasteiger partial charge in [0.2, 0.25) is 0 Å². The van der Waals surface area contributed by atoms with Crippen molar-refractivity contribution < 1.29 is 19.4 Å². The van der Waals surface area contributed by atoms with Gasteiger partial charge in [0.05, 0.1) is 6.26 Å². The number of rotatable bonds is 11. The van der Waals surface area contributed by atoms with Gasteiger partial charge in [-0.1, -0.05) is 97.1 Å². The van der Waals surface area contributed by atoms with E-state index in [9.17, 15) is 9.59 Å².